The Morgan fingerprint density at radius 1 is 0.935 bits per heavy atom. The normalized spacial score (nSPS) is 15.7. The number of ether oxygens (including phenoxy) is 1. The fourth-order valence-corrected chi connectivity index (χ4v) is 3.83. The fraction of sp³-hybridized carbons (Fsp3) is 0.429. The number of nitrogens with one attached hydrogen (secondary N) is 1. The minimum Gasteiger partial charge on any atom is -0.380 e. The number of nitrogens with two attached hydrogens (primary N) is 1. The summed E-state index contributed by atoms with van der Waals surface area (Å²) in [6.07, 6.45) is 10.3. The average Bonchev–Trinajstić information content (AvgIpc) is 2.83. The smallest absolute Gasteiger partial charge is 0.0945 e. The van der Waals surface area contributed by atoms with Gasteiger partial charge in [-0.25, -0.2) is 0 Å². The van der Waals surface area contributed by atoms with Gasteiger partial charge in [-0.2, -0.15) is 0 Å². The lowest BCUT2D eigenvalue weighted by Crippen LogP contribution is -2.46. The van der Waals surface area contributed by atoms with Crippen LogP contribution in [0, 0.1) is 5.92 Å². The van der Waals surface area contributed by atoms with E-state index in [4.69, 9.17) is 10.5 Å². The first-order valence-corrected chi connectivity index (χ1v) is 11.7. The van der Waals surface area contributed by atoms with Crippen LogP contribution in [0.4, 0.5) is 0 Å². The molecule has 0 spiro atoms. The van der Waals surface area contributed by atoms with Crippen molar-refractivity contribution in [3.8, 4) is 0 Å². The lowest BCUT2D eigenvalue weighted by Gasteiger charge is -2.39. The lowest BCUT2D eigenvalue weighted by atomic mass is 9.74. The highest BCUT2D eigenvalue weighted by Crippen LogP contribution is 2.39. The van der Waals surface area contributed by atoms with E-state index in [2.05, 4.69) is 105 Å². The summed E-state index contributed by atoms with van der Waals surface area (Å²) in [5, 5.41) is 3.87. The van der Waals surface area contributed by atoms with Crippen molar-refractivity contribution in [1.82, 2.24) is 5.32 Å². The molecule has 168 valence electrons. The Hall–Kier alpha value is -2.20. The molecule has 1 aliphatic carbocycles. The van der Waals surface area contributed by atoms with E-state index in [0.29, 0.717) is 12.5 Å². The molecule has 3 nitrogen and oxygen atoms in total. The molecule has 1 aliphatic rings. The predicted octanol–water partition coefficient (Wildman–Crippen LogP) is 5.82. The molecule has 1 atom stereocenters. The number of hydrogen-bond acceptors (Lipinski definition) is 3. The molecule has 3 heteroatoms. The van der Waals surface area contributed by atoms with Crippen molar-refractivity contribution < 1.29 is 4.74 Å². The zero-order valence-electron chi connectivity index (χ0n) is 19.5. The maximum absolute atomic E-state index is 5.76. The second kappa shape index (κ2) is 14.0. The second-order valence-corrected chi connectivity index (χ2v) is 8.05. The van der Waals surface area contributed by atoms with Crippen LogP contribution in [-0.4, -0.2) is 26.3 Å². The fourth-order valence-electron chi connectivity index (χ4n) is 3.83. The van der Waals surface area contributed by atoms with Gasteiger partial charge in [0, 0.05) is 13.2 Å². The predicted molar refractivity (Wildman–Crippen MR) is 133 cm³/mol. The number of hydrogen-bond donors (Lipinski definition) is 2. The van der Waals surface area contributed by atoms with E-state index in [1.165, 1.54) is 16.7 Å². The van der Waals surface area contributed by atoms with Crippen LogP contribution in [0.3, 0.4) is 0 Å². The van der Waals surface area contributed by atoms with Crippen LogP contribution < -0.4 is 11.1 Å². The summed E-state index contributed by atoms with van der Waals surface area (Å²) in [7, 11) is 0. The maximum atomic E-state index is 5.76. The van der Waals surface area contributed by atoms with E-state index >= 15 is 0 Å². The molecule has 0 saturated carbocycles. The monoisotopic (exact) mass is 420 g/mol. The van der Waals surface area contributed by atoms with E-state index in [1.54, 1.807) is 0 Å². The Kier molecular flexibility index (Phi) is 11.3. The summed E-state index contributed by atoms with van der Waals surface area (Å²) in [6, 6.07) is 21.5. The number of rotatable bonds is 10. The van der Waals surface area contributed by atoms with Crippen LogP contribution >= 0.6 is 0 Å². The van der Waals surface area contributed by atoms with Crippen molar-refractivity contribution in [2.24, 2.45) is 11.7 Å². The third-order valence-electron chi connectivity index (χ3n) is 5.39. The summed E-state index contributed by atoms with van der Waals surface area (Å²) >= 11 is 0. The maximum Gasteiger partial charge on any atom is 0.0945 e. The molecule has 0 aromatic heterocycles. The Bertz CT molecular complexity index is 742. The second-order valence-electron chi connectivity index (χ2n) is 8.05. The largest absolute Gasteiger partial charge is 0.380 e. The van der Waals surface area contributed by atoms with E-state index in [9.17, 15) is 0 Å². The Balaban J connectivity index is 0.000000785. The molecule has 0 radical (unpaired) electrons. The summed E-state index contributed by atoms with van der Waals surface area (Å²) in [6.45, 7) is 9.62. The molecule has 0 aliphatic heterocycles. The molecule has 2 aromatic rings. The van der Waals surface area contributed by atoms with Crippen molar-refractivity contribution in [2.75, 3.05) is 26.3 Å². The van der Waals surface area contributed by atoms with E-state index in [-0.39, 0.29) is 5.54 Å². The molecule has 0 saturated heterocycles. The first-order valence-electron chi connectivity index (χ1n) is 11.7. The van der Waals surface area contributed by atoms with E-state index < -0.39 is 0 Å². The van der Waals surface area contributed by atoms with Crippen LogP contribution in [0.5, 0.6) is 0 Å². The van der Waals surface area contributed by atoms with Gasteiger partial charge in [0.2, 0.25) is 0 Å². The molecule has 3 rings (SSSR count). The molecule has 3 N–H and O–H groups in total. The quantitative estimate of drug-likeness (QED) is 0.476. The minimum absolute atomic E-state index is 0.372. The van der Waals surface area contributed by atoms with Gasteiger partial charge >= 0.3 is 0 Å². The molecule has 0 bridgehead atoms. The van der Waals surface area contributed by atoms with Crippen molar-refractivity contribution in [3.05, 3.63) is 95.6 Å². The third kappa shape index (κ3) is 7.17. The molecule has 31 heavy (non-hydrogen) atoms. The van der Waals surface area contributed by atoms with Gasteiger partial charge in [-0.1, -0.05) is 99.7 Å². The topological polar surface area (TPSA) is 47.3 Å². The van der Waals surface area contributed by atoms with Gasteiger partial charge in [-0.05, 0) is 48.4 Å². The first-order chi connectivity index (χ1) is 15.2. The third-order valence-corrected chi connectivity index (χ3v) is 5.39. The van der Waals surface area contributed by atoms with Gasteiger partial charge in [-0.3, -0.25) is 5.32 Å². The van der Waals surface area contributed by atoms with Crippen LogP contribution in [0.15, 0.2) is 84.5 Å². The van der Waals surface area contributed by atoms with Gasteiger partial charge in [0.25, 0.3) is 0 Å². The van der Waals surface area contributed by atoms with Crippen molar-refractivity contribution >= 4 is 0 Å². The van der Waals surface area contributed by atoms with Gasteiger partial charge < -0.3 is 10.5 Å². The van der Waals surface area contributed by atoms with E-state index in [0.717, 1.165) is 39.0 Å². The van der Waals surface area contributed by atoms with Gasteiger partial charge in [0.15, 0.2) is 0 Å². The average molecular weight is 421 g/mol. The highest BCUT2D eigenvalue weighted by Gasteiger charge is 2.37. The van der Waals surface area contributed by atoms with Crippen LogP contribution in [0.25, 0.3) is 0 Å². The van der Waals surface area contributed by atoms with Crippen LogP contribution in [0.1, 0.15) is 51.2 Å². The van der Waals surface area contributed by atoms with Gasteiger partial charge in [0.1, 0.15) is 0 Å². The summed E-state index contributed by atoms with van der Waals surface area (Å²) in [4.78, 5) is 0. The number of benzene rings is 2. The molecule has 1 unspecified atom stereocenters. The SMILES string of the molecule is CCCN.CCCOCCNC(C1=CC(C)CC=C1)(c1ccccc1)c1ccccc1. The van der Waals surface area contributed by atoms with Crippen molar-refractivity contribution in [1.29, 1.82) is 0 Å². The van der Waals surface area contributed by atoms with E-state index in [1.807, 2.05) is 0 Å². The van der Waals surface area contributed by atoms with Gasteiger partial charge in [-0.15, -0.1) is 0 Å². The Labute approximate surface area is 189 Å². The highest BCUT2D eigenvalue weighted by molar-refractivity contribution is 5.52. The van der Waals surface area contributed by atoms with Crippen LogP contribution in [0.2, 0.25) is 0 Å². The zero-order chi connectivity index (χ0) is 22.4. The molecule has 0 heterocycles. The molecular formula is C28H40N2O. The number of allylic oxidation sites excluding steroid dienone is 2. The summed E-state index contributed by atoms with van der Waals surface area (Å²) in [5.41, 5.74) is 8.49. The van der Waals surface area contributed by atoms with Gasteiger partial charge in [0.05, 0.1) is 12.1 Å². The van der Waals surface area contributed by atoms with Crippen LogP contribution in [-0.2, 0) is 10.3 Å². The minimum atomic E-state index is -0.372. The molecule has 0 amide bonds. The Morgan fingerprint density at radius 3 is 2.00 bits per heavy atom. The molecule has 2 aromatic carbocycles. The molecule has 0 fully saturated rings. The highest BCUT2D eigenvalue weighted by atomic mass is 16.5. The zero-order valence-corrected chi connectivity index (χ0v) is 19.5. The summed E-state index contributed by atoms with van der Waals surface area (Å²) in [5.74, 6) is 0.537. The first kappa shape index (κ1) is 25.1. The summed E-state index contributed by atoms with van der Waals surface area (Å²) < 4.78 is 5.76. The lowest BCUT2D eigenvalue weighted by molar-refractivity contribution is 0.132. The standard InChI is InChI=1S/C25H31NO.C3H9N/c1-3-18-27-19-17-26-25(22-12-6-4-7-13-22,23-14-8-5-9-15-23)24-16-10-11-21(2)20-24;1-2-3-4/h4-10,12-16,20-21,26H,3,11,17-19H2,1-2H3;2-4H2,1H3. The van der Waals surface area contributed by atoms with Crippen molar-refractivity contribution in [2.45, 2.75) is 45.6 Å². The Morgan fingerprint density at radius 2 is 1.52 bits per heavy atom. The molecular weight excluding hydrogens is 380 g/mol. The van der Waals surface area contributed by atoms with Crippen molar-refractivity contribution in [3.63, 3.8) is 0 Å².